The van der Waals surface area contributed by atoms with Crippen LogP contribution in [0.4, 0.5) is 5.69 Å². The number of benzene rings is 2. The van der Waals surface area contributed by atoms with Gasteiger partial charge in [-0.1, -0.05) is 30.3 Å². The highest BCUT2D eigenvalue weighted by Gasteiger charge is 2.29. The Hall–Kier alpha value is -3.19. The Morgan fingerprint density at radius 2 is 1.59 bits per heavy atom. The van der Waals surface area contributed by atoms with E-state index in [2.05, 4.69) is 10.3 Å². The smallest absolute Gasteiger partial charge is 0.251 e. The Kier molecular flexibility index (Phi) is 6.29. The van der Waals surface area contributed by atoms with Gasteiger partial charge in [0.05, 0.1) is 4.90 Å². The van der Waals surface area contributed by atoms with Gasteiger partial charge in [-0.3, -0.25) is 9.78 Å². The fourth-order valence-corrected chi connectivity index (χ4v) is 4.64. The van der Waals surface area contributed by atoms with E-state index >= 15 is 0 Å². The zero-order valence-electron chi connectivity index (χ0n) is 16.3. The number of amides is 1. The van der Waals surface area contributed by atoms with Gasteiger partial charge in [-0.15, -0.1) is 0 Å². The summed E-state index contributed by atoms with van der Waals surface area (Å²) >= 11 is 0. The minimum Gasteiger partial charge on any atom is -0.378 e. The number of carbonyl (C=O) groups is 1. The molecule has 3 aromatic rings. The average Bonchev–Trinajstić information content (AvgIpc) is 2.75. The van der Waals surface area contributed by atoms with Gasteiger partial charge in [0.1, 0.15) is 5.25 Å². The summed E-state index contributed by atoms with van der Waals surface area (Å²) in [5, 5.41) is 1.84. The molecule has 1 heterocycles. The summed E-state index contributed by atoms with van der Waals surface area (Å²) in [7, 11) is 0.132. The van der Waals surface area contributed by atoms with Gasteiger partial charge < -0.3 is 10.2 Å². The molecule has 6 nitrogen and oxygen atoms in total. The molecular formula is C22H23N3O3S. The van der Waals surface area contributed by atoms with E-state index in [-0.39, 0.29) is 17.3 Å². The maximum Gasteiger partial charge on any atom is 0.251 e. The zero-order chi connectivity index (χ0) is 20.9. The second-order valence-corrected chi connectivity index (χ2v) is 8.91. The van der Waals surface area contributed by atoms with Gasteiger partial charge in [-0.05, 0) is 42.0 Å². The van der Waals surface area contributed by atoms with Crippen LogP contribution in [0.1, 0.15) is 21.2 Å². The molecule has 0 radical (unpaired) electrons. The lowest BCUT2D eigenvalue weighted by molar-refractivity contribution is 0.0953. The number of anilines is 1. The molecule has 0 fully saturated rings. The first-order valence-corrected chi connectivity index (χ1v) is 10.7. The van der Waals surface area contributed by atoms with Gasteiger partial charge >= 0.3 is 0 Å². The molecular weight excluding hydrogens is 386 g/mol. The van der Waals surface area contributed by atoms with Gasteiger partial charge in [0.2, 0.25) is 0 Å². The van der Waals surface area contributed by atoms with E-state index in [4.69, 9.17) is 0 Å². The van der Waals surface area contributed by atoms with E-state index in [0.29, 0.717) is 11.1 Å². The first kappa shape index (κ1) is 20.5. The van der Waals surface area contributed by atoms with Crippen molar-refractivity contribution in [3.8, 4) is 0 Å². The van der Waals surface area contributed by atoms with Crippen molar-refractivity contribution in [2.45, 2.75) is 10.1 Å². The van der Waals surface area contributed by atoms with Crippen molar-refractivity contribution in [1.29, 1.82) is 0 Å². The number of rotatable bonds is 7. The molecule has 1 N–H and O–H groups in total. The lowest BCUT2D eigenvalue weighted by Gasteiger charge is -2.20. The molecule has 0 aliphatic heterocycles. The predicted octanol–water partition coefficient (Wildman–Crippen LogP) is 3.09. The molecule has 0 unspecified atom stereocenters. The van der Waals surface area contributed by atoms with Crippen molar-refractivity contribution in [3.05, 3.63) is 90.3 Å². The lowest BCUT2D eigenvalue weighted by Crippen LogP contribution is -2.32. The van der Waals surface area contributed by atoms with Crippen molar-refractivity contribution in [1.82, 2.24) is 10.3 Å². The van der Waals surface area contributed by atoms with Gasteiger partial charge in [-0.2, -0.15) is 0 Å². The van der Waals surface area contributed by atoms with Crippen LogP contribution in [0, 0.1) is 0 Å². The van der Waals surface area contributed by atoms with E-state index in [9.17, 15) is 13.2 Å². The summed E-state index contributed by atoms with van der Waals surface area (Å²) in [5.41, 5.74) is 2.01. The summed E-state index contributed by atoms with van der Waals surface area (Å²) in [6.45, 7) is -0.0420. The zero-order valence-corrected chi connectivity index (χ0v) is 17.1. The highest BCUT2D eigenvalue weighted by molar-refractivity contribution is 7.91. The minimum atomic E-state index is -3.71. The Labute approximate surface area is 171 Å². The molecule has 1 amide bonds. The van der Waals surface area contributed by atoms with Crippen molar-refractivity contribution in [2.75, 3.05) is 25.5 Å². The summed E-state index contributed by atoms with van der Waals surface area (Å²) < 4.78 is 26.7. The standard InChI is InChI=1S/C22H23N3O3S/c1-25(2)19-10-8-17(9-11-19)21(29(27,28)20-6-4-3-5-7-20)16-24-22(26)18-12-14-23-15-13-18/h3-15,21H,16H2,1-2H3,(H,24,26)/t21-/m1/s1. The molecule has 2 aromatic carbocycles. The SMILES string of the molecule is CN(C)c1ccc([C@@H](CNC(=O)c2ccncc2)S(=O)(=O)c2ccccc2)cc1. The molecule has 0 aliphatic rings. The highest BCUT2D eigenvalue weighted by Crippen LogP contribution is 2.29. The van der Waals surface area contributed by atoms with Crippen LogP contribution in [0.15, 0.2) is 84.0 Å². The molecule has 150 valence electrons. The van der Waals surface area contributed by atoms with Crippen LogP contribution in [-0.4, -0.2) is 39.9 Å². The number of carbonyl (C=O) groups excluding carboxylic acids is 1. The van der Waals surface area contributed by atoms with Crippen molar-refractivity contribution < 1.29 is 13.2 Å². The topological polar surface area (TPSA) is 79.4 Å². The third-order valence-corrected chi connectivity index (χ3v) is 6.74. The maximum atomic E-state index is 13.3. The molecule has 1 aromatic heterocycles. The van der Waals surface area contributed by atoms with Crippen LogP contribution in [0.3, 0.4) is 0 Å². The van der Waals surface area contributed by atoms with E-state index < -0.39 is 15.1 Å². The largest absolute Gasteiger partial charge is 0.378 e. The number of aromatic nitrogens is 1. The molecule has 0 bridgehead atoms. The Morgan fingerprint density at radius 1 is 0.966 bits per heavy atom. The fourth-order valence-electron chi connectivity index (χ4n) is 2.96. The molecule has 0 aliphatic carbocycles. The van der Waals surface area contributed by atoms with Crippen molar-refractivity contribution in [2.24, 2.45) is 0 Å². The number of hydrogen-bond acceptors (Lipinski definition) is 5. The third-order valence-electron chi connectivity index (χ3n) is 4.62. The van der Waals surface area contributed by atoms with Crippen molar-refractivity contribution in [3.63, 3.8) is 0 Å². The number of sulfone groups is 1. The molecule has 7 heteroatoms. The summed E-state index contributed by atoms with van der Waals surface area (Å²) in [4.78, 5) is 18.5. The third kappa shape index (κ3) is 4.81. The fraction of sp³-hybridized carbons (Fsp3) is 0.182. The van der Waals surface area contributed by atoms with E-state index in [1.54, 1.807) is 54.6 Å². The van der Waals surface area contributed by atoms with E-state index in [1.165, 1.54) is 12.4 Å². The predicted molar refractivity (Wildman–Crippen MR) is 114 cm³/mol. The summed E-state index contributed by atoms with van der Waals surface area (Å²) in [6, 6.07) is 18.8. The minimum absolute atomic E-state index is 0.0420. The average molecular weight is 410 g/mol. The molecule has 29 heavy (non-hydrogen) atoms. The van der Waals surface area contributed by atoms with Crippen LogP contribution < -0.4 is 10.2 Å². The quantitative estimate of drug-likeness (QED) is 0.649. The van der Waals surface area contributed by atoms with Gasteiger partial charge in [0, 0.05) is 44.3 Å². The van der Waals surface area contributed by atoms with Gasteiger partial charge in [0.25, 0.3) is 5.91 Å². The molecule has 1 atom stereocenters. The Bertz CT molecular complexity index is 1050. The second-order valence-electron chi connectivity index (χ2n) is 6.78. The van der Waals surface area contributed by atoms with Crippen molar-refractivity contribution >= 4 is 21.4 Å². The van der Waals surface area contributed by atoms with Crippen LogP contribution in [-0.2, 0) is 9.84 Å². The molecule has 0 spiro atoms. The van der Waals surface area contributed by atoms with Crippen LogP contribution in [0.2, 0.25) is 0 Å². The van der Waals surface area contributed by atoms with Crippen LogP contribution >= 0.6 is 0 Å². The van der Waals surface area contributed by atoms with E-state index in [1.807, 2.05) is 31.1 Å². The van der Waals surface area contributed by atoms with Gasteiger partial charge in [0.15, 0.2) is 9.84 Å². The van der Waals surface area contributed by atoms with Crippen LogP contribution in [0.25, 0.3) is 0 Å². The second kappa shape index (κ2) is 8.87. The number of pyridine rings is 1. The number of nitrogens with zero attached hydrogens (tertiary/aromatic N) is 2. The molecule has 0 saturated heterocycles. The number of nitrogens with one attached hydrogen (secondary N) is 1. The number of hydrogen-bond donors (Lipinski definition) is 1. The first-order chi connectivity index (χ1) is 13.9. The summed E-state index contributed by atoms with van der Waals surface area (Å²) in [5.74, 6) is -0.342. The van der Waals surface area contributed by atoms with E-state index in [0.717, 1.165) is 5.69 Å². The van der Waals surface area contributed by atoms with Gasteiger partial charge in [-0.25, -0.2) is 8.42 Å². The molecule has 0 saturated carbocycles. The molecule has 3 rings (SSSR count). The normalized spacial score (nSPS) is 12.2. The monoisotopic (exact) mass is 409 g/mol. The summed E-state index contributed by atoms with van der Waals surface area (Å²) in [6.07, 6.45) is 3.04. The van der Waals surface area contributed by atoms with Crippen LogP contribution in [0.5, 0.6) is 0 Å². The first-order valence-electron chi connectivity index (χ1n) is 9.14. The maximum absolute atomic E-state index is 13.3. The Morgan fingerprint density at radius 3 is 2.17 bits per heavy atom. The highest BCUT2D eigenvalue weighted by atomic mass is 32.2. The lowest BCUT2D eigenvalue weighted by atomic mass is 10.1. The Balaban J connectivity index is 1.92.